The van der Waals surface area contributed by atoms with Crippen LogP contribution in [0.2, 0.25) is 0 Å². The van der Waals surface area contributed by atoms with Crippen molar-refractivity contribution >= 4 is 11.3 Å². The number of nitrogens with zero attached hydrogens (tertiary/aromatic N) is 2. The van der Waals surface area contributed by atoms with Gasteiger partial charge in [-0.3, -0.25) is 0 Å². The first-order valence-corrected chi connectivity index (χ1v) is 7.74. The monoisotopic (exact) mass is 298 g/mol. The van der Waals surface area contributed by atoms with Crippen LogP contribution in [0, 0.1) is 20.8 Å². The maximum absolute atomic E-state index is 5.22. The molecule has 0 unspecified atom stereocenters. The number of benzene rings is 1. The lowest BCUT2D eigenvalue weighted by molar-refractivity contribution is 0.414. The Hall–Kier alpha value is -2.07. The average molecular weight is 298 g/mol. The molecule has 0 radical (unpaired) electrons. The van der Waals surface area contributed by atoms with Gasteiger partial charge in [0.15, 0.2) is 0 Å². The van der Waals surface area contributed by atoms with E-state index in [0.29, 0.717) is 0 Å². The lowest BCUT2D eigenvalue weighted by atomic mass is 10.2. The summed E-state index contributed by atoms with van der Waals surface area (Å²) >= 11 is 1.69. The zero-order chi connectivity index (χ0) is 15.0. The Balaban J connectivity index is 2.09. The molecule has 108 valence electrons. The highest BCUT2D eigenvalue weighted by molar-refractivity contribution is 7.09. The van der Waals surface area contributed by atoms with Crippen LogP contribution in [0.3, 0.4) is 0 Å². The summed E-state index contributed by atoms with van der Waals surface area (Å²) in [6, 6.07) is 10.3. The minimum atomic E-state index is 0.872. The van der Waals surface area contributed by atoms with Gasteiger partial charge >= 0.3 is 0 Å². The normalized spacial score (nSPS) is 10.9. The maximum atomic E-state index is 5.22. The Bertz CT molecular complexity index is 769. The van der Waals surface area contributed by atoms with Crippen molar-refractivity contribution in [1.82, 2.24) is 9.55 Å². The SMILES string of the molecule is COc1ccc(-n2c(C)cc(-c3csc(C)n3)c2C)cc1. The maximum Gasteiger partial charge on any atom is 0.119 e. The summed E-state index contributed by atoms with van der Waals surface area (Å²) in [5.41, 5.74) is 5.82. The van der Waals surface area contributed by atoms with Crippen LogP contribution >= 0.6 is 11.3 Å². The van der Waals surface area contributed by atoms with E-state index in [1.807, 2.05) is 19.1 Å². The molecule has 0 saturated carbocycles. The second kappa shape index (κ2) is 5.37. The number of ether oxygens (including phenoxy) is 1. The van der Waals surface area contributed by atoms with Crippen molar-refractivity contribution in [2.45, 2.75) is 20.8 Å². The molecule has 3 rings (SSSR count). The quantitative estimate of drug-likeness (QED) is 0.710. The molecule has 0 atom stereocenters. The molecule has 0 aliphatic heterocycles. The highest BCUT2D eigenvalue weighted by Gasteiger charge is 2.14. The Labute approximate surface area is 128 Å². The summed E-state index contributed by atoms with van der Waals surface area (Å²) < 4.78 is 7.48. The largest absolute Gasteiger partial charge is 0.497 e. The molecule has 0 amide bonds. The van der Waals surface area contributed by atoms with Crippen LogP contribution in [0.15, 0.2) is 35.7 Å². The first-order valence-electron chi connectivity index (χ1n) is 6.86. The topological polar surface area (TPSA) is 27.1 Å². The van der Waals surface area contributed by atoms with Gasteiger partial charge in [0.25, 0.3) is 0 Å². The predicted molar refractivity (Wildman–Crippen MR) is 87.6 cm³/mol. The molecule has 0 N–H and O–H groups in total. The minimum absolute atomic E-state index is 0.872. The number of aromatic nitrogens is 2. The molecule has 0 fully saturated rings. The molecule has 0 aliphatic carbocycles. The van der Waals surface area contributed by atoms with Gasteiger partial charge < -0.3 is 9.30 Å². The van der Waals surface area contributed by atoms with Crippen molar-refractivity contribution in [3.05, 3.63) is 52.1 Å². The highest BCUT2D eigenvalue weighted by atomic mass is 32.1. The molecule has 4 heteroatoms. The number of hydrogen-bond donors (Lipinski definition) is 0. The lowest BCUT2D eigenvalue weighted by Crippen LogP contribution is -1.99. The third-order valence-corrected chi connectivity index (χ3v) is 4.43. The van der Waals surface area contributed by atoms with Gasteiger partial charge in [0.1, 0.15) is 5.75 Å². The van der Waals surface area contributed by atoms with Crippen molar-refractivity contribution in [3.63, 3.8) is 0 Å². The van der Waals surface area contributed by atoms with Crippen LogP contribution in [0.25, 0.3) is 16.9 Å². The molecule has 0 bridgehead atoms. The first kappa shape index (κ1) is 13.9. The van der Waals surface area contributed by atoms with Gasteiger partial charge in [-0.25, -0.2) is 4.98 Å². The summed E-state index contributed by atoms with van der Waals surface area (Å²) in [5, 5.41) is 3.22. The van der Waals surface area contributed by atoms with Gasteiger partial charge in [0.2, 0.25) is 0 Å². The zero-order valence-electron chi connectivity index (χ0n) is 12.7. The minimum Gasteiger partial charge on any atom is -0.497 e. The Kier molecular flexibility index (Phi) is 3.55. The van der Waals surface area contributed by atoms with E-state index < -0.39 is 0 Å². The van der Waals surface area contributed by atoms with Gasteiger partial charge in [-0.1, -0.05) is 0 Å². The smallest absolute Gasteiger partial charge is 0.119 e. The lowest BCUT2D eigenvalue weighted by Gasteiger charge is -2.10. The molecule has 3 nitrogen and oxygen atoms in total. The molecule has 0 saturated heterocycles. The molecule has 1 aromatic carbocycles. The van der Waals surface area contributed by atoms with E-state index in [4.69, 9.17) is 4.74 Å². The van der Waals surface area contributed by atoms with Crippen molar-refractivity contribution in [3.8, 4) is 22.7 Å². The van der Waals surface area contributed by atoms with Crippen LogP contribution in [0.1, 0.15) is 16.4 Å². The van der Waals surface area contributed by atoms with Crippen LogP contribution in [0.5, 0.6) is 5.75 Å². The van der Waals surface area contributed by atoms with Gasteiger partial charge in [-0.15, -0.1) is 11.3 Å². The molecular weight excluding hydrogens is 280 g/mol. The summed E-state index contributed by atoms with van der Waals surface area (Å²) in [4.78, 5) is 4.60. The number of hydrogen-bond acceptors (Lipinski definition) is 3. The second-order valence-corrected chi connectivity index (χ2v) is 6.13. The van der Waals surface area contributed by atoms with Crippen LogP contribution in [-0.4, -0.2) is 16.7 Å². The number of thiazole rings is 1. The van der Waals surface area contributed by atoms with E-state index in [-0.39, 0.29) is 0 Å². The van der Waals surface area contributed by atoms with E-state index in [2.05, 4.69) is 47.0 Å². The van der Waals surface area contributed by atoms with Crippen LogP contribution in [0.4, 0.5) is 0 Å². The number of rotatable bonds is 3. The molecule has 0 spiro atoms. The summed E-state index contributed by atoms with van der Waals surface area (Å²) in [5.74, 6) is 0.872. The Morgan fingerprint density at radius 2 is 1.81 bits per heavy atom. The Morgan fingerprint density at radius 3 is 2.38 bits per heavy atom. The summed E-state index contributed by atoms with van der Waals surface area (Å²) in [6.45, 7) is 6.30. The number of aryl methyl sites for hydroxylation is 2. The fraction of sp³-hybridized carbons (Fsp3) is 0.235. The van der Waals surface area contributed by atoms with E-state index in [9.17, 15) is 0 Å². The highest BCUT2D eigenvalue weighted by Crippen LogP contribution is 2.30. The summed E-state index contributed by atoms with van der Waals surface area (Å²) in [7, 11) is 1.68. The van der Waals surface area contributed by atoms with E-state index in [1.165, 1.54) is 17.0 Å². The fourth-order valence-corrected chi connectivity index (χ4v) is 3.25. The molecule has 2 aromatic heterocycles. The van der Waals surface area contributed by atoms with Crippen molar-refractivity contribution in [1.29, 1.82) is 0 Å². The standard InChI is InChI=1S/C17H18N2OS/c1-11-9-16(17-10-21-13(3)18-17)12(2)19(11)14-5-7-15(20-4)8-6-14/h5-10H,1-4H3. The zero-order valence-corrected chi connectivity index (χ0v) is 13.5. The van der Waals surface area contributed by atoms with Crippen molar-refractivity contribution in [2.75, 3.05) is 7.11 Å². The van der Waals surface area contributed by atoms with E-state index in [1.54, 1.807) is 18.4 Å². The fourth-order valence-electron chi connectivity index (χ4n) is 2.64. The Morgan fingerprint density at radius 1 is 1.10 bits per heavy atom. The molecule has 0 aliphatic rings. The second-order valence-electron chi connectivity index (χ2n) is 5.07. The van der Waals surface area contributed by atoms with Crippen LogP contribution in [-0.2, 0) is 0 Å². The van der Waals surface area contributed by atoms with Gasteiger partial charge in [0, 0.05) is 28.0 Å². The third-order valence-electron chi connectivity index (χ3n) is 3.66. The first-order chi connectivity index (χ1) is 10.1. The predicted octanol–water partition coefficient (Wildman–Crippen LogP) is 4.53. The molecule has 2 heterocycles. The summed E-state index contributed by atoms with van der Waals surface area (Å²) in [6.07, 6.45) is 0. The molecular formula is C17H18N2OS. The van der Waals surface area contributed by atoms with E-state index >= 15 is 0 Å². The molecule has 3 aromatic rings. The van der Waals surface area contributed by atoms with Gasteiger partial charge in [-0.05, 0) is 51.1 Å². The van der Waals surface area contributed by atoms with Crippen molar-refractivity contribution < 1.29 is 4.74 Å². The van der Waals surface area contributed by atoms with Gasteiger partial charge in [-0.2, -0.15) is 0 Å². The number of methoxy groups -OCH3 is 1. The molecule has 21 heavy (non-hydrogen) atoms. The van der Waals surface area contributed by atoms with Gasteiger partial charge in [0.05, 0.1) is 17.8 Å². The van der Waals surface area contributed by atoms with Crippen molar-refractivity contribution in [2.24, 2.45) is 0 Å². The van der Waals surface area contributed by atoms with Crippen LogP contribution < -0.4 is 4.74 Å². The third kappa shape index (κ3) is 2.47. The average Bonchev–Trinajstić information content (AvgIpc) is 3.03. The van der Waals surface area contributed by atoms with E-state index in [0.717, 1.165) is 22.1 Å².